The molecule has 1 atom stereocenters. The van der Waals surface area contributed by atoms with Crippen molar-refractivity contribution in [3.63, 3.8) is 0 Å². The predicted octanol–water partition coefficient (Wildman–Crippen LogP) is 1.82. The fraction of sp³-hybridized carbons (Fsp3) is 0.583. The Balaban J connectivity index is 3.03. The van der Waals surface area contributed by atoms with Crippen LogP contribution >= 0.6 is 0 Å². The third kappa shape index (κ3) is 2.71. The van der Waals surface area contributed by atoms with Crippen LogP contribution in [0.3, 0.4) is 0 Å². The number of nitrogen functional groups attached to an aromatic ring is 1. The molecule has 1 unspecified atom stereocenters. The van der Waals surface area contributed by atoms with Crippen molar-refractivity contribution in [2.24, 2.45) is 0 Å². The number of rotatable bonds is 4. The van der Waals surface area contributed by atoms with E-state index in [-0.39, 0.29) is 0 Å². The molecule has 16 heavy (non-hydrogen) atoms. The second-order valence-corrected chi connectivity index (χ2v) is 4.43. The van der Waals surface area contributed by atoms with Gasteiger partial charge < -0.3 is 15.6 Å². The molecule has 4 nitrogen and oxygen atoms in total. The van der Waals surface area contributed by atoms with Gasteiger partial charge in [0.05, 0.1) is 5.60 Å². The monoisotopic (exact) mass is 224 g/mol. The van der Waals surface area contributed by atoms with Crippen molar-refractivity contribution < 1.29 is 9.84 Å². The quantitative estimate of drug-likeness (QED) is 0.818. The van der Waals surface area contributed by atoms with Crippen LogP contribution in [0.25, 0.3) is 0 Å². The van der Waals surface area contributed by atoms with Crippen LogP contribution in [0.4, 0.5) is 5.82 Å². The van der Waals surface area contributed by atoms with Crippen molar-refractivity contribution in [3.05, 3.63) is 23.4 Å². The fourth-order valence-corrected chi connectivity index (χ4v) is 1.65. The minimum atomic E-state index is -0.778. The number of hydrogen-bond donors (Lipinski definition) is 2. The lowest BCUT2D eigenvalue weighted by molar-refractivity contribution is -0.0981. The van der Waals surface area contributed by atoms with Crippen molar-refractivity contribution in [2.75, 3.05) is 12.3 Å². The standard InChI is InChI=1S/C12H20N2O2/c1-5-16-12(3,4)10(15)9-6-8(2)7-14-11(9)13/h6-7,10,15H,5H2,1-4H3,(H2,13,14). The predicted molar refractivity (Wildman–Crippen MR) is 64.1 cm³/mol. The molecule has 1 rings (SSSR count). The van der Waals surface area contributed by atoms with Crippen LogP contribution in [-0.2, 0) is 4.74 Å². The van der Waals surface area contributed by atoms with E-state index in [4.69, 9.17) is 10.5 Å². The zero-order valence-corrected chi connectivity index (χ0v) is 10.3. The first-order valence-electron chi connectivity index (χ1n) is 5.42. The maximum atomic E-state index is 10.2. The maximum absolute atomic E-state index is 10.2. The highest BCUT2D eigenvalue weighted by molar-refractivity contribution is 5.43. The summed E-state index contributed by atoms with van der Waals surface area (Å²) >= 11 is 0. The van der Waals surface area contributed by atoms with Gasteiger partial charge in [0.25, 0.3) is 0 Å². The number of nitrogens with zero attached hydrogens (tertiary/aromatic N) is 1. The fourth-order valence-electron chi connectivity index (χ4n) is 1.65. The number of hydrogen-bond acceptors (Lipinski definition) is 4. The van der Waals surface area contributed by atoms with E-state index in [1.807, 2.05) is 33.8 Å². The summed E-state index contributed by atoms with van der Waals surface area (Å²) in [7, 11) is 0. The Bertz CT molecular complexity index is 364. The Labute approximate surface area is 96.5 Å². The number of aryl methyl sites for hydroxylation is 1. The molecule has 0 saturated carbocycles. The van der Waals surface area contributed by atoms with Crippen LogP contribution in [0.15, 0.2) is 12.3 Å². The van der Waals surface area contributed by atoms with Crippen LogP contribution in [0, 0.1) is 6.92 Å². The molecular weight excluding hydrogens is 204 g/mol. The number of ether oxygens (including phenoxy) is 1. The molecule has 0 aromatic carbocycles. The Morgan fingerprint density at radius 1 is 1.56 bits per heavy atom. The average molecular weight is 224 g/mol. The lowest BCUT2D eigenvalue weighted by Gasteiger charge is -2.31. The topological polar surface area (TPSA) is 68.4 Å². The first kappa shape index (κ1) is 12.9. The number of anilines is 1. The lowest BCUT2D eigenvalue weighted by Crippen LogP contribution is -2.33. The normalized spacial score (nSPS) is 13.8. The van der Waals surface area contributed by atoms with Gasteiger partial charge in [-0.25, -0.2) is 4.98 Å². The zero-order chi connectivity index (χ0) is 12.3. The molecule has 0 fully saturated rings. The van der Waals surface area contributed by atoms with E-state index in [0.717, 1.165) is 5.56 Å². The summed E-state index contributed by atoms with van der Waals surface area (Å²) in [6.45, 7) is 8.03. The van der Waals surface area contributed by atoms with E-state index in [2.05, 4.69) is 4.98 Å². The Morgan fingerprint density at radius 2 is 2.19 bits per heavy atom. The van der Waals surface area contributed by atoms with E-state index in [0.29, 0.717) is 18.0 Å². The molecular formula is C12H20N2O2. The first-order valence-corrected chi connectivity index (χ1v) is 5.42. The summed E-state index contributed by atoms with van der Waals surface area (Å²) in [6.07, 6.45) is 0.902. The van der Waals surface area contributed by atoms with Crippen LogP contribution < -0.4 is 5.73 Å². The minimum Gasteiger partial charge on any atom is -0.385 e. The van der Waals surface area contributed by atoms with Gasteiger partial charge in [0.15, 0.2) is 0 Å². The van der Waals surface area contributed by atoms with Crippen molar-refractivity contribution in [2.45, 2.75) is 39.4 Å². The van der Waals surface area contributed by atoms with E-state index in [1.165, 1.54) is 0 Å². The second kappa shape index (κ2) is 4.80. The molecule has 0 aliphatic heterocycles. The van der Waals surface area contributed by atoms with Gasteiger partial charge in [-0.2, -0.15) is 0 Å². The summed E-state index contributed by atoms with van der Waals surface area (Å²) in [4.78, 5) is 4.04. The molecule has 3 N–H and O–H groups in total. The summed E-state index contributed by atoms with van der Waals surface area (Å²) in [5, 5.41) is 10.2. The van der Waals surface area contributed by atoms with Crippen molar-refractivity contribution >= 4 is 5.82 Å². The molecule has 90 valence electrons. The van der Waals surface area contributed by atoms with Crippen molar-refractivity contribution in [1.82, 2.24) is 4.98 Å². The van der Waals surface area contributed by atoms with E-state index < -0.39 is 11.7 Å². The summed E-state index contributed by atoms with van der Waals surface area (Å²) in [6, 6.07) is 1.84. The number of aliphatic hydroxyl groups excluding tert-OH is 1. The molecule has 0 saturated heterocycles. The molecule has 0 aliphatic rings. The molecule has 0 spiro atoms. The Hall–Kier alpha value is -1.13. The van der Waals surface area contributed by atoms with Gasteiger partial charge in [0, 0.05) is 18.4 Å². The summed E-state index contributed by atoms with van der Waals surface area (Å²) < 4.78 is 5.51. The van der Waals surface area contributed by atoms with Gasteiger partial charge in [-0.3, -0.25) is 0 Å². The molecule has 0 radical (unpaired) electrons. The smallest absolute Gasteiger partial charge is 0.129 e. The SMILES string of the molecule is CCOC(C)(C)C(O)c1cc(C)cnc1N. The molecule has 1 heterocycles. The highest BCUT2D eigenvalue weighted by Gasteiger charge is 2.31. The van der Waals surface area contributed by atoms with Crippen LogP contribution in [0.5, 0.6) is 0 Å². The molecule has 0 aliphatic carbocycles. The third-order valence-electron chi connectivity index (χ3n) is 2.56. The van der Waals surface area contributed by atoms with E-state index in [1.54, 1.807) is 6.20 Å². The highest BCUT2D eigenvalue weighted by Crippen LogP contribution is 2.31. The zero-order valence-electron chi connectivity index (χ0n) is 10.3. The Kier molecular flexibility index (Phi) is 3.88. The van der Waals surface area contributed by atoms with Gasteiger partial charge >= 0.3 is 0 Å². The van der Waals surface area contributed by atoms with Crippen molar-refractivity contribution in [3.8, 4) is 0 Å². The third-order valence-corrected chi connectivity index (χ3v) is 2.56. The first-order chi connectivity index (χ1) is 7.38. The van der Waals surface area contributed by atoms with Gasteiger partial charge in [-0.15, -0.1) is 0 Å². The van der Waals surface area contributed by atoms with Gasteiger partial charge in [-0.05, 0) is 39.3 Å². The summed E-state index contributed by atoms with van der Waals surface area (Å²) in [5.74, 6) is 0.353. The van der Waals surface area contributed by atoms with Gasteiger partial charge in [0.1, 0.15) is 11.9 Å². The largest absolute Gasteiger partial charge is 0.385 e. The number of aromatic nitrogens is 1. The van der Waals surface area contributed by atoms with Crippen LogP contribution in [0.1, 0.15) is 38.0 Å². The maximum Gasteiger partial charge on any atom is 0.129 e. The molecule has 1 aromatic heterocycles. The molecule has 4 heteroatoms. The van der Waals surface area contributed by atoms with Crippen LogP contribution in [0.2, 0.25) is 0 Å². The molecule has 0 bridgehead atoms. The van der Waals surface area contributed by atoms with Crippen LogP contribution in [-0.4, -0.2) is 22.3 Å². The highest BCUT2D eigenvalue weighted by atomic mass is 16.5. The van der Waals surface area contributed by atoms with Gasteiger partial charge in [0.2, 0.25) is 0 Å². The van der Waals surface area contributed by atoms with E-state index >= 15 is 0 Å². The van der Waals surface area contributed by atoms with Crippen molar-refractivity contribution in [1.29, 1.82) is 0 Å². The van der Waals surface area contributed by atoms with E-state index in [9.17, 15) is 5.11 Å². The van der Waals surface area contributed by atoms with Gasteiger partial charge in [-0.1, -0.05) is 0 Å². The summed E-state index contributed by atoms with van der Waals surface area (Å²) in [5.41, 5.74) is 6.68. The Morgan fingerprint density at radius 3 is 2.75 bits per heavy atom. The number of pyridine rings is 1. The molecule has 1 aromatic rings. The minimum absolute atomic E-state index is 0.353. The lowest BCUT2D eigenvalue weighted by atomic mass is 9.94. The molecule has 0 amide bonds. The number of nitrogens with two attached hydrogens (primary N) is 1. The second-order valence-electron chi connectivity index (χ2n) is 4.43. The average Bonchev–Trinajstić information content (AvgIpc) is 2.20. The number of aliphatic hydroxyl groups is 1.